The first kappa shape index (κ1) is 27.6. The van der Waals surface area contributed by atoms with Gasteiger partial charge in [0.05, 0.1) is 26.2 Å². The van der Waals surface area contributed by atoms with Crippen molar-refractivity contribution in [2.45, 2.75) is 99.8 Å². The van der Waals surface area contributed by atoms with Gasteiger partial charge in [-0.3, -0.25) is 4.79 Å². The standard InChI is InChI=1S/C16H36N.C10H12O2/c1-5-9-13-17(14-10-6-2,15-11-7-3)16-12-8-4;1-6-4-9(8(3)11)5-7(2)10(6)12/h5-16H2,1-4H3;4-5,12H,1-3H3/q+1;/p-1. The van der Waals surface area contributed by atoms with Crippen molar-refractivity contribution < 1.29 is 14.4 Å². The highest BCUT2D eigenvalue weighted by atomic mass is 16.3. The van der Waals surface area contributed by atoms with Gasteiger partial charge in [-0.05, 0) is 58.6 Å². The fraction of sp³-hybridized carbons (Fsp3) is 0.731. The summed E-state index contributed by atoms with van der Waals surface area (Å²) < 4.78 is 1.42. The Labute approximate surface area is 181 Å². The lowest BCUT2D eigenvalue weighted by Gasteiger charge is -2.39. The van der Waals surface area contributed by atoms with Crippen LogP contribution in [0.4, 0.5) is 0 Å². The molecule has 3 nitrogen and oxygen atoms in total. The number of quaternary nitrogens is 1. The molecule has 1 aromatic rings. The van der Waals surface area contributed by atoms with E-state index in [0.717, 1.165) is 0 Å². The van der Waals surface area contributed by atoms with Crippen LogP contribution in [0, 0.1) is 13.8 Å². The van der Waals surface area contributed by atoms with E-state index in [1.807, 2.05) is 0 Å². The molecule has 0 fully saturated rings. The molecule has 0 aliphatic rings. The fourth-order valence-corrected chi connectivity index (χ4v) is 3.80. The third kappa shape index (κ3) is 10.8. The van der Waals surface area contributed by atoms with E-state index in [4.69, 9.17) is 0 Å². The Bertz CT molecular complexity index is 520. The molecule has 0 aliphatic heterocycles. The van der Waals surface area contributed by atoms with Crippen LogP contribution >= 0.6 is 0 Å². The Morgan fingerprint density at radius 3 is 1.31 bits per heavy atom. The molecule has 0 amide bonds. The van der Waals surface area contributed by atoms with Crippen molar-refractivity contribution >= 4 is 5.78 Å². The van der Waals surface area contributed by atoms with Crippen LogP contribution in [0.15, 0.2) is 12.1 Å². The van der Waals surface area contributed by atoms with Crippen LogP contribution in [0.2, 0.25) is 0 Å². The molecular formula is C26H47NO2. The van der Waals surface area contributed by atoms with E-state index < -0.39 is 0 Å². The SMILES string of the molecule is CC(=O)c1cc(C)c([O-])c(C)c1.CCCC[N+](CCCC)(CCCC)CCCC. The topological polar surface area (TPSA) is 40.1 Å². The molecule has 0 atom stereocenters. The smallest absolute Gasteiger partial charge is 0.159 e. The molecule has 3 heteroatoms. The predicted molar refractivity (Wildman–Crippen MR) is 125 cm³/mol. The molecule has 1 rings (SSSR count). The van der Waals surface area contributed by atoms with Crippen molar-refractivity contribution in [3.63, 3.8) is 0 Å². The van der Waals surface area contributed by atoms with E-state index >= 15 is 0 Å². The molecule has 168 valence electrons. The van der Waals surface area contributed by atoms with Crippen LogP contribution < -0.4 is 5.11 Å². The average Bonchev–Trinajstić information content (AvgIpc) is 2.71. The first-order valence-electron chi connectivity index (χ1n) is 11.9. The van der Waals surface area contributed by atoms with E-state index in [-0.39, 0.29) is 11.5 Å². The predicted octanol–water partition coefficient (Wildman–Crippen LogP) is 6.58. The summed E-state index contributed by atoms with van der Waals surface area (Å²) in [5.74, 6) is 0.0289. The second-order valence-corrected chi connectivity index (χ2v) is 8.65. The van der Waals surface area contributed by atoms with Gasteiger partial charge in [0, 0.05) is 5.56 Å². The lowest BCUT2D eigenvalue weighted by atomic mass is 10.0. The van der Waals surface area contributed by atoms with Crippen molar-refractivity contribution in [1.82, 2.24) is 0 Å². The minimum absolute atomic E-state index is 0.00111. The zero-order valence-corrected chi connectivity index (χ0v) is 20.4. The summed E-state index contributed by atoms with van der Waals surface area (Å²) in [5, 5.41) is 11.2. The normalized spacial score (nSPS) is 11.1. The highest BCUT2D eigenvalue weighted by Crippen LogP contribution is 2.20. The number of aryl methyl sites for hydroxylation is 2. The number of unbranched alkanes of at least 4 members (excludes halogenated alkanes) is 4. The second kappa shape index (κ2) is 15.5. The van der Waals surface area contributed by atoms with Crippen molar-refractivity contribution in [1.29, 1.82) is 0 Å². The molecule has 0 aromatic heterocycles. The molecule has 1 aromatic carbocycles. The molecule has 0 bridgehead atoms. The van der Waals surface area contributed by atoms with Gasteiger partial charge in [-0.25, -0.2) is 0 Å². The van der Waals surface area contributed by atoms with Gasteiger partial charge in [0.1, 0.15) is 0 Å². The van der Waals surface area contributed by atoms with Gasteiger partial charge in [0.25, 0.3) is 0 Å². The number of ketones is 1. The molecule has 29 heavy (non-hydrogen) atoms. The fourth-order valence-electron chi connectivity index (χ4n) is 3.80. The number of rotatable bonds is 13. The van der Waals surface area contributed by atoms with Gasteiger partial charge >= 0.3 is 0 Å². The number of carbonyl (C=O) groups excluding carboxylic acids is 1. The molecule has 0 unspecified atom stereocenters. The molecule has 0 heterocycles. The van der Waals surface area contributed by atoms with E-state index in [9.17, 15) is 9.90 Å². The van der Waals surface area contributed by atoms with Gasteiger partial charge in [-0.1, -0.05) is 64.5 Å². The summed E-state index contributed by atoms with van der Waals surface area (Å²) in [6.45, 7) is 20.0. The number of nitrogens with zero attached hydrogens (tertiary/aromatic N) is 1. The van der Waals surface area contributed by atoms with Crippen LogP contribution in [0.3, 0.4) is 0 Å². The lowest BCUT2D eigenvalue weighted by Crippen LogP contribution is -2.50. The van der Waals surface area contributed by atoms with Crippen LogP contribution in [0.25, 0.3) is 0 Å². The molecule has 0 radical (unpaired) electrons. The van der Waals surface area contributed by atoms with Gasteiger partial charge in [-0.2, -0.15) is 0 Å². The monoisotopic (exact) mass is 405 g/mol. The highest BCUT2D eigenvalue weighted by molar-refractivity contribution is 5.94. The summed E-state index contributed by atoms with van der Waals surface area (Å²) in [6.07, 6.45) is 11.1. The Hall–Kier alpha value is -1.35. The Kier molecular flexibility index (Phi) is 14.8. The Balaban J connectivity index is 0.000000571. The number of Topliss-reactive ketones (excluding diaryl/α,β-unsaturated/α-hetero) is 1. The van der Waals surface area contributed by atoms with Crippen LogP contribution in [-0.2, 0) is 0 Å². The van der Waals surface area contributed by atoms with E-state index in [2.05, 4.69) is 27.7 Å². The third-order valence-corrected chi connectivity index (χ3v) is 5.81. The van der Waals surface area contributed by atoms with E-state index in [0.29, 0.717) is 16.7 Å². The molecule has 0 saturated carbocycles. The van der Waals surface area contributed by atoms with E-state index in [1.54, 1.807) is 26.0 Å². The Morgan fingerprint density at radius 1 is 0.759 bits per heavy atom. The maximum absolute atomic E-state index is 11.2. The van der Waals surface area contributed by atoms with Crippen LogP contribution in [0.5, 0.6) is 5.75 Å². The zero-order chi connectivity index (χ0) is 22.3. The van der Waals surface area contributed by atoms with Gasteiger partial charge in [0.15, 0.2) is 5.78 Å². The first-order chi connectivity index (χ1) is 13.8. The maximum atomic E-state index is 11.2. The summed E-state index contributed by atoms with van der Waals surface area (Å²) in [5.41, 5.74) is 1.89. The highest BCUT2D eigenvalue weighted by Gasteiger charge is 2.24. The quantitative estimate of drug-likeness (QED) is 0.274. The van der Waals surface area contributed by atoms with Crippen molar-refractivity contribution in [3.05, 3.63) is 28.8 Å². The number of carbonyl (C=O) groups is 1. The first-order valence-corrected chi connectivity index (χ1v) is 11.9. The van der Waals surface area contributed by atoms with Crippen LogP contribution in [-0.4, -0.2) is 36.4 Å². The van der Waals surface area contributed by atoms with Crippen LogP contribution in [0.1, 0.15) is 107 Å². The zero-order valence-electron chi connectivity index (χ0n) is 20.4. The molecular weight excluding hydrogens is 358 g/mol. The van der Waals surface area contributed by atoms with Gasteiger partial charge in [-0.15, -0.1) is 5.75 Å². The van der Waals surface area contributed by atoms with E-state index in [1.165, 1.54) is 89.0 Å². The summed E-state index contributed by atoms with van der Waals surface area (Å²) in [6, 6.07) is 3.27. The van der Waals surface area contributed by atoms with Gasteiger partial charge in [0.2, 0.25) is 0 Å². The molecule has 0 aliphatic carbocycles. The maximum Gasteiger partial charge on any atom is 0.159 e. The molecule has 0 N–H and O–H groups in total. The second-order valence-electron chi connectivity index (χ2n) is 8.65. The average molecular weight is 406 g/mol. The summed E-state index contributed by atoms with van der Waals surface area (Å²) in [7, 11) is 0. The number of benzene rings is 1. The number of hydrogen-bond donors (Lipinski definition) is 0. The minimum Gasteiger partial charge on any atom is -0.872 e. The molecule has 0 spiro atoms. The largest absolute Gasteiger partial charge is 0.872 e. The molecule has 0 saturated heterocycles. The van der Waals surface area contributed by atoms with Crippen molar-refractivity contribution in [3.8, 4) is 5.75 Å². The Morgan fingerprint density at radius 2 is 1.07 bits per heavy atom. The van der Waals surface area contributed by atoms with Gasteiger partial charge < -0.3 is 9.59 Å². The van der Waals surface area contributed by atoms with Crippen molar-refractivity contribution in [2.75, 3.05) is 26.2 Å². The van der Waals surface area contributed by atoms with Crippen molar-refractivity contribution in [2.24, 2.45) is 0 Å². The third-order valence-electron chi connectivity index (χ3n) is 5.81. The minimum atomic E-state index is 0.00111. The summed E-state index contributed by atoms with van der Waals surface area (Å²) >= 11 is 0. The lowest BCUT2D eigenvalue weighted by molar-refractivity contribution is -0.929. The number of hydrogen-bond acceptors (Lipinski definition) is 2. The summed E-state index contributed by atoms with van der Waals surface area (Å²) in [4.78, 5) is 11.0.